The second-order valence-electron chi connectivity index (χ2n) is 3.94. The summed E-state index contributed by atoms with van der Waals surface area (Å²) in [5, 5.41) is 0. The molecule has 2 heterocycles. The van der Waals surface area contributed by atoms with Crippen molar-refractivity contribution in [1.29, 1.82) is 0 Å². The van der Waals surface area contributed by atoms with Crippen molar-refractivity contribution in [2.24, 2.45) is 4.99 Å². The van der Waals surface area contributed by atoms with Crippen molar-refractivity contribution in [3.63, 3.8) is 0 Å². The summed E-state index contributed by atoms with van der Waals surface area (Å²) < 4.78 is 1.82. The highest BCUT2D eigenvalue weighted by molar-refractivity contribution is 4.97. The molecular formula is C10H14N3O+. The van der Waals surface area contributed by atoms with Crippen LogP contribution in [0.2, 0.25) is 0 Å². The molecule has 0 radical (unpaired) electrons. The number of rotatable bonds is 1. The molecule has 1 N–H and O–H groups in total. The fourth-order valence-electron chi connectivity index (χ4n) is 1.54. The minimum Gasteiger partial charge on any atom is -0.315 e. The van der Waals surface area contributed by atoms with Crippen LogP contribution in [0.25, 0.3) is 0 Å². The van der Waals surface area contributed by atoms with Gasteiger partial charge in [0.25, 0.3) is 0 Å². The van der Waals surface area contributed by atoms with Crippen molar-refractivity contribution in [2.45, 2.75) is 32.7 Å². The number of fused-ring (bicyclic) bond motifs is 1. The molecule has 74 valence electrons. The molecule has 14 heavy (non-hydrogen) atoms. The molecule has 0 spiro atoms. The zero-order valence-electron chi connectivity index (χ0n) is 8.61. The van der Waals surface area contributed by atoms with Crippen LogP contribution >= 0.6 is 0 Å². The molecule has 4 nitrogen and oxygen atoms in total. The first-order valence-corrected chi connectivity index (χ1v) is 4.82. The van der Waals surface area contributed by atoms with Crippen LogP contribution in [0.4, 0.5) is 0 Å². The molecule has 0 bridgehead atoms. The zero-order valence-corrected chi connectivity index (χ0v) is 8.61. The number of hydrogen-bond acceptors (Lipinski definition) is 2. The van der Waals surface area contributed by atoms with Crippen molar-refractivity contribution in [3.05, 3.63) is 33.9 Å². The Morgan fingerprint density at radius 1 is 1.57 bits per heavy atom. The summed E-state index contributed by atoms with van der Waals surface area (Å²) >= 11 is 0. The Morgan fingerprint density at radius 3 is 2.93 bits per heavy atom. The van der Waals surface area contributed by atoms with Crippen LogP contribution in [-0.2, 0) is 0 Å². The lowest BCUT2D eigenvalue weighted by atomic mass is 10.1. The fraction of sp³-hybridized carbons (Fsp3) is 0.500. The van der Waals surface area contributed by atoms with E-state index >= 15 is 0 Å². The van der Waals surface area contributed by atoms with E-state index in [2.05, 4.69) is 9.98 Å². The van der Waals surface area contributed by atoms with Crippen molar-refractivity contribution < 1.29 is 4.24 Å². The molecule has 0 amide bonds. The Morgan fingerprint density at radius 2 is 2.29 bits per heavy atom. The van der Waals surface area contributed by atoms with Gasteiger partial charge in [0.1, 0.15) is 12.4 Å². The normalized spacial score (nSPS) is 19.0. The summed E-state index contributed by atoms with van der Waals surface area (Å²) in [6, 6.07) is 0.0958. The van der Waals surface area contributed by atoms with Gasteiger partial charge in [-0.25, -0.2) is 0 Å². The van der Waals surface area contributed by atoms with E-state index in [4.69, 9.17) is 0 Å². The molecule has 1 aromatic heterocycles. The molecule has 1 atom stereocenters. The summed E-state index contributed by atoms with van der Waals surface area (Å²) in [7, 11) is 0. The van der Waals surface area contributed by atoms with E-state index in [9.17, 15) is 4.79 Å². The Balaban J connectivity index is 2.77. The number of nitrogens with one attached hydrogen (secondary N) is 1. The lowest BCUT2D eigenvalue weighted by Gasteiger charge is -2.00. The van der Waals surface area contributed by atoms with Crippen LogP contribution in [0.3, 0.4) is 0 Å². The average molecular weight is 192 g/mol. The Hall–Kier alpha value is -1.45. The molecule has 2 rings (SSSR count). The monoisotopic (exact) mass is 192 g/mol. The first kappa shape index (κ1) is 9.12. The SMILES string of the molecule is CC1C=[n+]2cc(C(C)C)[nH]c(=O)c2=N1. The fourth-order valence-corrected chi connectivity index (χ4v) is 1.54. The molecule has 1 aliphatic heterocycles. The van der Waals surface area contributed by atoms with Crippen molar-refractivity contribution in [2.75, 3.05) is 0 Å². The van der Waals surface area contributed by atoms with Gasteiger partial charge in [0.15, 0.2) is 6.04 Å². The highest BCUT2D eigenvalue weighted by atomic mass is 16.1. The number of aromatic nitrogens is 2. The number of nitrogens with zero attached hydrogens (tertiary/aromatic N) is 2. The highest BCUT2D eigenvalue weighted by Gasteiger charge is 2.17. The summed E-state index contributed by atoms with van der Waals surface area (Å²) in [6.45, 7) is 6.06. The third-order valence-corrected chi connectivity index (χ3v) is 2.31. The number of aromatic amines is 1. The predicted octanol–water partition coefficient (Wildman–Crippen LogP) is -0.183. The lowest BCUT2D eigenvalue weighted by Crippen LogP contribution is -2.47. The summed E-state index contributed by atoms with van der Waals surface area (Å²) in [4.78, 5) is 18.6. The molecule has 1 aromatic rings. The second kappa shape index (κ2) is 3.04. The Bertz CT molecular complexity index is 527. The first-order valence-electron chi connectivity index (χ1n) is 4.82. The van der Waals surface area contributed by atoms with Crippen molar-refractivity contribution in [3.8, 4) is 0 Å². The zero-order chi connectivity index (χ0) is 10.3. The first-order chi connectivity index (χ1) is 6.58. The lowest BCUT2D eigenvalue weighted by molar-refractivity contribution is -0.525. The van der Waals surface area contributed by atoms with E-state index in [1.807, 2.05) is 37.4 Å². The van der Waals surface area contributed by atoms with Gasteiger partial charge in [-0.15, -0.1) is 0 Å². The minimum atomic E-state index is -0.100. The van der Waals surface area contributed by atoms with Gasteiger partial charge in [-0.2, -0.15) is 4.24 Å². The largest absolute Gasteiger partial charge is 0.389 e. The van der Waals surface area contributed by atoms with Gasteiger partial charge in [-0.3, -0.25) is 4.79 Å². The van der Waals surface area contributed by atoms with Crippen molar-refractivity contribution in [1.82, 2.24) is 4.98 Å². The quantitative estimate of drug-likeness (QED) is 0.616. The smallest absolute Gasteiger partial charge is 0.315 e. The van der Waals surface area contributed by atoms with Crippen LogP contribution in [0, 0.1) is 6.21 Å². The van der Waals surface area contributed by atoms with E-state index in [-0.39, 0.29) is 11.6 Å². The molecular weight excluding hydrogens is 178 g/mol. The molecule has 4 heteroatoms. The van der Waals surface area contributed by atoms with E-state index < -0.39 is 0 Å². The maximum absolute atomic E-state index is 11.6. The van der Waals surface area contributed by atoms with Gasteiger partial charge in [-0.05, 0) is 12.8 Å². The van der Waals surface area contributed by atoms with E-state index in [1.165, 1.54) is 0 Å². The third kappa shape index (κ3) is 1.36. The van der Waals surface area contributed by atoms with Gasteiger partial charge in [0.05, 0.1) is 5.69 Å². The topological polar surface area (TPSA) is 51.1 Å². The van der Waals surface area contributed by atoms with E-state index in [1.54, 1.807) is 0 Å². The Labute approximate surface area is 81.7 Å². The van der Waals surface area contributed by atoms with Gasteiger partial charge < -0.3 is 4.98 Å². The number of hydrogen-bond donors (Lipinski definition) is 1. The summed E-state index contributed by atoms with van der Waals surface area (Å²) in [5.74, 6) is 0.324. The minimum absolute atomic E-state index is 0.0958. The maximum Gasteiger partial charge on any atom is 0.389 e. The molecule has 0 fully saturated rings. The molecule has 1 aliphatic rings. The van der Waals surface area contributed by atoms with E-state index in [0.717, 1.165) is 5.69 Å². The van der Waals surface area contributed by atoms with Crippen LogP contribution in [0.5, 0.6) is 0 Å². The van der Waals surface area contributed by atoms with Crippen molar-refractivity contribution >= 4 is 0 Å². The van der Waals surface area contributed by atoms with Gasteiger partial charge in [0.2, 0.25) is 0 Å². The molecule has 0 aromatic carbocycles. The third-order valence-electron chi connectivity index (χ3n) is 2.31. The maximum atomic E-state index is 11.6. The van der Waals surface area contributed by atoms with Crippen LogP contribution < -0.4 is 15.3 Å². The summed E-state index contributed by atoms with van der Waals surface area (Å²) in [5.41, 5.74) is 1.35. The van der Waals surface area contributed by atoms with Crippen LogP contribution in [-0.4, -0.2) is 11.0 Å². The average Bonchev–Trinajstić information content (AvgIpc) is 2.45. The van der Waals surface area contributed by atoms with Gasteiger partial charge >= 0.3 is 11.0 Å². The molecule has 0 saturated heterocycles. The highest BCUT2D eigenvalue weighted by Crippen LogP contribution is 2.05. The second-order valence-corrected chi connectivity index (χ2v) is 3.94. The standard InChI is InChI=1S/C10H13N3O/c1-6(2)8-5-13-4-7(3)11-9(13)10(14)12-8/h4-7H,1-3H3/p+1. The Kier molecular flexibility index (Phi) is 1.98. The van der Waals surface area contributed by atoms with E-state index in [0.29, 0.717) is 11.4 Å². The van der Waals surface area contributed by atoms with Crippen LogP contribution in [0.1, 0.15) is 32.4 Å². The van der Waals surface area contributed by atoms with Gasteiger partial charge in [-0.1, -0.05) is 18.8 Å². The van der Waals surface area contributed by atoms with Gasteiger partial charge in [0, 0.05) is 0 Å². The molecule has 0 saturated carbocycles. The summed E-state index contributed by atoms with van der Waals surface area (Å²) in [6.07, 6.45) is 3.88. The molecule has 0 aliphatic carbocycles. The predicted molar refractivity (Wildman–Crippen MR) is 51.7 cm³/mol. The van der Waals surface area contributed by atoms with Crippen LogP contribution in [0.15, 0.2) is 16.0 Å². The number of H-pyrrole nitrogens is 1. The molecule has 1 unspecified atom stereocenters.